The van der Waals surface area contributed by atoms with Crippen molar-refractivity contribution in [2.24, 2.45) is 5.92 Å². The van der Waals surface area contributed by atoms with Gasteiger partial charge < -0.3 is 20.5 Å². The molecule has 1 heterocycles. The lowest BCUT2D eigenvalue weighted by atomic mass is 9.98. The van der Waals surface area contributed by atoms with Crippen LogP contribution < -0.4 is 10.6 Å². The maximum atomic E-state index is 12.6. The zero-order valence-corrected chi connectivity index (χ0v) is 16.8. The second-order valence-electron chi connectivity index (χ2n) is 7.38. The van der Waals surface area contributed by atoms with E-state index in [0.29, 0.717) is 25.7 Å². The van der Waals surface area contributed by atoms with Gasteiger partial charge in [-0.15, -0.1) is 0 Å². The van der Waals surface area contributed by atoms with E-state index in [1.165, 1.54) is 0 Å². The highest BCUT2D eigenvalue weighted by Crippen LogP contribution is 2.13. The second-order valence-corrected chi connectivity index (χ2v) is 7.38. The molecule has 3 N–H and O–H groups in total. The van der Waals surface area contributed by atoms with E-state index < -0.39 is 12.0 Å². The highest BCUT2D eigenvalue weighted by Gasteiger charge is 2.24. The summed E-state index contributed by atoms with van der Waals surface area (Å²) in [5, 5.41) is 15.2. The molecule has 0 bridgehead atoms. The SMILES string of the molecule is CC1COC(=O)CCC=CCC(CC(=O)NC(CO)Cc2ccccc2)C(=O)N1. The minimum atomic E-state index is -0.528. The summed E-state index contributed by atoms with van der Waals surface area (Å²) in [6.45, 7) is 1.68. The summed E-state index contributed by atoms with van der Waals surface area (Å²) in [7, 11) is 0. The van der Waals surface area contributed by atoms with Crippen LogP contribution in [-0.4, -0.2) is 48.2 Å². The normalized spacial score (nSPS) is 21.9. The summed E-state index contributed by atoms with van der Waals surface area (Å²) in [4.78, 5) is 36.7. The van der Waals surface area contributed by atoms with Gasteiger partial charge in [0.15, 0.2) is 0 Å². The quantitative estimate of drug-likeness (QED) is 0.494. The van der Waals surface area contributed by atoms with Gasteiger partial charge in [-0.25, -0.2) is 0 Å². The molecule has 0 aromatic heterocycles. The van der Waals surface area contributed by atoms with E-state index in [1.54, 1.807) is 6.92 Å². The van der Waals surface area contributed by atoms with Gasteiger partial charge >= 0.3 is 5.97 Å². The van der Waals surface area contributed by atoms with E-state index in [2.05, 4.69) is 10.6 Å². The van der Waals surface area contributed by atoms with Crippen LogP contribution in [0.3, 0.4) is 0 Å². The summed E-state index contributed by atoms with van der Waals surface area (Å²) in [6.07, 6.45) is 5.43. The third-order valence-electron chi connectivity index (χ3n) is 4.70. The van der Waals surface area contributed by atoms with Crippen LogP contribution in [0.4, 0.5) is 0 Å². The first kappa shape index (κ1) is 22.6. The van der Waals surface area contributed by atoms with Crippen LogP contribution in [0.1, 0.15) is 38.2 Å². The summed E-state index contributed by atoms with van der Waals surface area (Å²) >= 11 is 0. The lowest BCUT2D eigenvalue weighted by molar-refractivity contribution is -0.145. The van der Waals surface area contributed by atoms with Crippen molar-refractivity contribution in [3.63, 3.8) is 0 Å². The Kier molecular flexibility index (Phi) is 9.37. The molecule has 1 aliphatic heterocycles. The van der Waals surface area contributed by atoms with Gasteiger partial charge in [-0.05, 0) is 31.7 Å². The van der Waals surface area contributed by atoms with E-state index in [1.807, 2.05) is 42.5 Å². The molecule has 158 valence electrons. The molecule has 3 unspecified atom stereocenters. The van der Waals surface area contributed by atoms with Crippen LogP contribution in [0.25, 0.3) is 0 Å². The van der Waals surface area contributed by atoms with Crippen LogP contribution in [0.15, 0.2) is 42.5 Å². The molecule has 1 aromatic carbocycles. The number of esters is 1. The van der Waals surface area contributed by atoms with E-state index in [9.17, 15) is 19.5 Å². The van der Waals surface area contributed by atoms with E-state index in [-0.39, 0.29) is 43.5 Å². The number of ether oxygens (including phenoxy) is 1. The number of allylic oxidation sites excluding steroid dienone is 2. The van der Waals surface area contributed by atoms with Gasteiger partial charge in [-0.1, -0.05) is 42.5 Å². The molecule has 0 saturated heterocycles. The minimum Gasteiger partial charge on any atom is -0.463 e. The maximum Gasteiger partial charge on any atom is 0.306 e. The number of carbonyl (C=O) groups excluding carboxylic acids is 3. The summed E-state index contributed by atoms with van der Waals surface area (Å²) in [5.74, 6) is -1.35. The van der Waals surface area contributed by atoms with Crippen LogP contribution >= 0.6 is 0 Å². The van der Waals surface area contributed by atoms with Gasteiger partial charge in [0.05, 0.1) is 24.6 Å². The smallest absolute Gasteiger partial charge is 0.306 e. The molecular formula is C22H30N2O5. The molecule has 0 radical (unpaired) electrons. The highest BCUT2D eigenvalue weighted by molar-refractivity contribution is 5.86. The first-order valence-corrected chi connectivity index (χ1v) is 10.0. The number of cyclic esters (lactones) is 1. The molecule has 29 heavy (non-hydrogen) atoms. The van der Waals surface area contributed by atoms with Gasteiger partial charge in [-0.3, -0.25) is 14.4 Å². The average Bonchev–Trinajstić information content (AvgIpc) is 2.70. The fourth-order valence-electron chi connectivity index (χ4n) is 3.13. The predicted octanol–water partition coefficient (Wildman–Crippen LogP) is 1.50. The Morgan fingerprint density at radius 3 is 2.76 bits per heavy atom. The Morgan fingerprint density at radius 1 is 1.28 bits per heavy atom. The van der Waals surface area contributed by atoms with Crippen LogP contribution in [0.5, 0.6) is 0 Å². The molecule has 0 aliphatic carbocycles. The Labute approximate surface area is 171 Å². The third kappa shape index (κ3) is 8.48. The molecule has 0 spiro atoms. The number of aliphatic hydroxyl groups is 1. The van der Waals surface area contributed by atoms with Crippen molar-refractivity contribution in [2.45, 2.75) is 51.1 Å². The molecule has 1 aliphatic rings. The number of hydrogen-bond acceptors (Lipinski definition) is 5. The molecule has 0 saturated carbocycles. The second kappa shape index (κ2) is 12.0. The van der Waals surface area contributed by atoms with Gasteiger partial charge in [0.2, 0.25) is 11.8 Å². The first-order chi connectivity index (χ1) is 14.0. The number of rotatable bonds is 6. The standard InChI is InChI=1S/C22H30N2O5/c1-16-15-29-21(27)11-7-3-6-10-18(22(28)23-16)13-20(26)24-19(14-25)12-17-8-4-2-5-9-17/h2-6,8-9,16,18-19,25H,7,10-15H2,1H3,(H,23,28)(H,24,26). The van der Waals surface area contributed by atoms with Crippen LogP contribution in [0, 0.1) is 5.92 Å². The maximum absolute atomic E-state index is 12.6. The molecular weight excluding hydrogens is 372 g/mol. The number of carbonyl (C=O) groups is 3. The van der Waals surface area contributed by atoms with E-state index >= 15 is 0 Å². The monoisotopic (exact) mass is 402 g/mol. The third-order valence-corrected chi connectivity index (χ3v) is 4.70. The van der Waals surface area contributed by atoms with Gasteiger partial charge in [0.1, 0.15) is 6.61 Å². The van der Waals surface area contributed by atoms with Crippen LogP contribution in [0.2, 0.25) is 0 Å². The van der Waals surface area contributed by atoms with Crippen molar-refractivity contribution in [3.05, 3.63) is 48.0 Å². The van der Waals surface area contributed by atoms with Gasteiger partial charge in [0, 0.05) is 12.8 Å². The molecule has 1 aromatic rings. The molecule has 2 amide bonds. The Balaban J connectivity index is 1.95. The first-order valence-electron chi connectivity index (χ1n) is 10.0. The molecule has 7 heteroatoms. The molecule has 7 nitrogen and oxygen atoms in total. The van der Waals surface area contributed by atoms with Crippen molar-refractivity contribution >= 4 is 17.8 Å². The fraction of sp³-hybridized carbons (Fsp3) is 0.500. The molecule has 2 rings (SSSR count). The fourth-order valence-corrected chi connectivity index (χ4v) is 3.13. The predicted molar refractivity (Wildman–Crippen MR) is 109 cm³/mol. The van der Waals surface area contributed by atoms with E-state index in [4.69, 9.17) is 4.74 Å². The largest absolute Gasteiger partial charge is 0.463 e. The number of nitrogens with one attached hydrogen (secondary N) is 2. The number of amides is 2. The zero-order valence-electron chi connectivity index (χ0n) is 16.8. The Hall–Kier alpha value is -2.67. The summed E-state index contributed by atoms with van der Waals surface area (Å²) < 4.78 is 5.12. The van der Waals surface area contributed by atoms with Crippen molar-refractivity contribution in [1.82, 2.24) is 10.6 Å². The van der Waals surface area contributed by atoms with Crippen molar-refractivity contribution in [2.75, 3.05) is 13.2 Å². The molecule has 3 atom stereocenters. The van der Waals surface area contributed by atoms with Crippen molar-refractivity contribution in [1.29, 1.82) is 0 Å². The van der Waals surface area contributed by atoms with Crippen molar-refractivity contribution in [3.8, 4) is 0 Å². The summed E-state index contributed by atoms with van der Waals surface area (Å²) in [6, 6.07) is 8.87. The van der Waals surface area contributed by atoms with E-state index in [0.717, 1.165) is 5.56 Å². The Morgan fingerprint density at radius 2 is 2.03 bits per heavy atom. The zero-order chi connectivity index (χ0) is 21.1. The number of benzene rings is 1. The summed E-state index contributed by atoms with van der Waals surface area (Å²) in [5.41, 5.74) is 1.02. The van der Waals surface area contributed by atoms with Crippen molar-refractivity contribution < 1.29 is 24.2 Å². The lowest BCUT2D eigenvalue weighted by Crippen LogP contribution is -2.44. The Bertz CT molecular complexity index is 704. The average molecular weight is 402 g/mol. The highest BCUT2D eigenvalue weighted by atomic mass is 16.5. The van der Waals surface area contributed by atoms with Gasteiger partial charge in [-0.2, -0.15) is 0 Å². The minimum absolute atomic E-state index is 0.0218. The molecule has 0 fully saturated rings. The van der Waals surface area contributed by atoms with Gasteiger partial charge in [0.25, 0.3) is 0 Å². The lowest BCUT2D eigenvalue weighted by Gasteiger charge is -2.21. The topological polar surface area (TPSA) is 105 Å². The number of aliphatic hydroxyl groups excluding tert-OH is 1. The number of hydrogen-bond donors (Lipinski definition) is 3. The van der Waals surface area contributed by atoms with Crippen LogP contribution in [-0.2, 0) is 25.5 Å².